The normalized spacial score (nSPS) is 56.8. The van der Waals surface area contributed by atoms with Gasteiger partial charge >= 0.3 is 0 Å². The van der Waals surface area contributed by atoms with Crippen molar-refractivity contribution in [2.24, 2.45) is 23.2 Å². The van der Waals surface area contributed by atoms with E-state index in [1.807, 2.05) is 0 Å². The molecule has 16 heavy (non-hydrogen) atoms. The van der Waals surface area contributed by atoms with Crippen molar-refractivity contribution in [1.82, 2.24) is 0 Å². The summed E-state index contributed by atoms with van der Waals surface area (Å²) in [6, 6.07) is 0. The van der Waals surface area contributed by atoms with Crippen molar-refractivity contribution in [3.8, 4) is 0 Å². The topological polar surface area (TPSA) is 9.23 Å². The number of hydrogen-bond acceptors (Lipinski definition) is 1. The Bertz CT molecular complexity index is 287. The van der Waals surface area contributed by atoms with Crippen LogP contribution in [0.4, 0.5) is 0 Å². The third-order valence-corrected chi connectivity index (χ3v) is 6.05. The minimum atomic E-state index is 0.210. The predicted octanol–water partition coefficient (Wildman–Crippen LogP) is 4.02. The lowest BCUT2D eigenvalue weighted by atomic mass is 9.50. The summed E-state index contributed by atoms with van der Waals surface area (Å²) in [5.74, 6) is 2.58. The van der Waals surface area contributed by atoms with Gasteiger partial charge in [-0.1, -0.05) is 26.7 Å². The summed E-state index contributed by atoms with van der Waals surface area (Å²) < 4.78 is 6.17. The standard InChI is InChI=1S/C15H26O/c1-11-10-16-15(3)9-7-12-6-4-5-8-14(12,2)13(11)15/h11-13H,4-10H2,1-3H3. The van der Waals surface area contributed by atoms with Gasteiger partial charge in [-0.3, -0.25) is 0 Å². The van der Waals surface area contributed by atoms with Crippen LogP contribution in [0.1, 0.15) is 59.3 Å². The van der Waals surface area contributed by atoms with Crippen LogP contribution in [0.5, 0.6) is 0 Å². The zero-order chi connectivity index (χ0) is 11.4. The molecule has 5 unspecified atom stereocenters. The summed E-state index contributed by atoms with van der Waals surface area (Å²) in [5, 5.41) is 0. The number of ether oxygens (including phenoxy) is 1. The van der Waals surface area contributed by atoms with Gasteiger partial charge in [-0.05, 0) is 55.8 Å². The monoisotopic (exact) mass is 222 g/mol. The number of rotatable bonds is 0. The molecule has 1 nitrogen and oxygen atoms in total. The Kier molecular flexibility index (Phi) is 2.41. The van der Waals surface area contributed by atoms with E-state index in [1.165, 1.54) is 38.5 Å². The van der Waals surface area contributed by atoms with E-state index in [2.05, 4.69) is 20.8 Å². The number of hydrogen-bond donors (Lipinski definition) is 0. The maximum atomic E-state index is 6.17. The Balaban J connectivity index is 1.96. The lowest BCUT2D eigenvalue weighted by Gasteiger charge is -2.56. The van der Waals surface area contributed by atoms with Crippen LogP contribution in [0.25, 0.3) is 0 Å². The van der Waals surface area contributed by atoms with Gasteiger partial charge in [0.2, 0.25) is 0 Å². The molecule has 0 amide bonds. The Morgan fingerprint density at radius 1 is 1.06 bits per heavy atom. The molecule has 1 heterocycles. The first-order valence-electron chi connectivity index (χ1n) is 7.20. The van der Waals surface area contributed by atoms with Crippen LogP contribution in [-0.4, -0.2) is 12.2 Å². The first kappa shape index (κ1) is 11.1. The SMILES string of the molecule is CC1COC2(C)CCC3CCCCC3(C)C12. The fraction of sp³-hybridized carbons (Fsp3) is 1.00. The van der Waals surface area contributed by atoms with E-state index in [4.69, 9.17) is 4.74 Å². The van der Waals surface area contributed by atoms with Crippen molar-refractivity contribution in [2.45, 2.75) is 64.9 Å². The highest BCUT2D eigenvalue weighted by molar-refractivity contribution is 5.07. The summed E-state index contributed by atoms with van der Waals surface area (Å²) in [7, 11) is 0. The molecule has 3 rings (SSSR count). The third kappa shape index (κ3) is 1.33. The van der Waals surface area contributed by atoms with E-state index in [0.29, 0.717) is 5.41 Å². The van der Waals surface area contributed by atoms with Gasteiger partial charge in [-0.2, -0.15) is 0 Å². The summed E-state index contributed by atoms with van der Waals surface area (Å²) in [5.41, 5.74) is 0.795. The second-order valence-corrected chi connectivity index (χ2v) is 7.07. The Morgan fingerprint density at radius 3 is 2.69 bits per heavy atom. The second kappa shape index (κ2) is 3.48. The van der Waals surface area contributed by atoms with E-state index in [1.54, 1.807) is 0 Å². The average Bonchev–Trinajstić information content (AvgIpc) is 2.55. The van der Waals surface area contributed by atoms with Crippen LogP contribution in [0.15, 0.2) is 0 Å². The van der Waals surface area contributed by atoms with Gasteiger partial charge in [-0.25, -0.2) is 0 Å². The lowest BCUT2D eigenvalue weighted by Crippen LogP contribution is -2.53. The molecule has 0 bridgehead atoms. The predicted molar refractivity (Wildman–Crippen MR) is 66.3 cm³/mol. The summed E-state index contributed by atoms with van der Waals surface area (Å²) in [4.78, 5) is 0. The summed E-state index contributed by atoms with van der Waals surface area (Å²) in [6.07, 6.45) is 8.57. The molecule has 0 aromatic carbocycles. The van der Waals surface area contributed by atoms with Crippen LogP contribution >= 0.6 is 0 Å². The van der Waals surface area contributed by atoms with Gasteiger partial charge in [0.15, 0.2) is 0 Å². The molecular weight excluding hydrogens is 196 g/mol. The van der Waals surface area contributed by atoms with Crippen LogP contribution in [0, 0.1) is 23.2 Å². The molecule has 0 aromatic heterocycles. The molecule has 1 saturated heterocycles. The van der Waals surface area contributed by atoms with E-state index < -0.39 is 0 Å². The molecule has 0 spiro atoms. The van der Waals surface area contributed by atoms with Gasteiger partial charge in [0.05, 0.1) is 12.2 Å². The van der Waals surface area contributed by atoms with Crippen LogP contribution in [0.2, 0.25) is 0 Å². The quantitative estimate of drug-likeness (QED) is 0.601. The molecule has 1 heteroatoms. The van der Waals surface area contributed by atoms with Crippen LogP contribution in [0.3, 0.4) is 0 Å². The van der Waals surface area contributed by atoms with Crippen molar-refractivity contribution in [1.29, 1.82) is 0 Å². The number of fused-ring (bicyclic) bond motifs is 3. The van der Waals surface area contributed by atoms with E-state index in [0.717, 1.165) is 24.4 Å². The van der Waals surface area contributed by atoms with Crippen molar-refractivity contribution in [2.75, 3.05) is 6.61 Å². The van der Waals surface area contributed by atoms with Crippen LogP contribution < -0.4 is 0 Å². The van der Waals surface area contributed by atoms with E-state index in [-0.39, 0.29) is 5.60 Å². The fourth-order valence-electron chi connectivity index (χ4n) is 5.46. The molecule has 0 aromatic rings. The average molecular weight is 222 g/mol. The zero-order valence-corrected chi connectivity index (χ0v) is 11.1. The van der Waals surface area contributed by atoms with Crippen molar-refractivity contribution in [3.05, 3.63) is 0 Å². The molecule has 0 N–H and O–H groups in total. The van der Waals surface area contributed by atoms with Gasteiger partial charge in [0.25, 0.3) is 0 Å². The lowest BCUT2D eigenvalue weighted by molar-refractivity contribution is -0.118. The highest BCUT2D eigenvalue weighted by atomic mass is 16.5. The minimum absolute atomic E-state index is 0.210. The van der Waals surface area contributed by atoms with Gasteiger partial charge in [0.1, 0.15) is 0 Å². The van der Waals surface area contributed by atoms with Crippen LogP contribution in [-0.2, 0) is 4.74 Å². The Hall–Kier alpha value is -0.0400. The molecule has 1 aliphatic heterocycles. The Labute approximate surface area is 99.9 Å². The maximum Gasteiger partial charge on any atom is 0.0691 e. The Morgan fingerprint density at radius 2 is 1.88 bits per heavy atom. The first-order valence-corrected chi connectivity index (χ1v) is 7.20. The first-order chi connectivity index (χ1) is 7.56. The fourth-order valence-corrected chi connectivity index (χ4v) is 5.46. The maximum absolute atomic E-state index is 6.17. The molecular formula is C15H26O. The van der Waals surface area contributed by atoms with Crippen molar-refractivity contribution < 1.29 is 4.74 Å². The second-order valence-electron chi connectivity index (χ2n) is 7.07. The largest absolute Gasteiger partial charge is 0.375 e. The molecule has 2 aliphatic carbocycles. The molecule has 5 atom stereocenters. The summed E-state index contributed by atoms with van der Waals surface area (Å²) >= 11 is 0. The highest BCUT2D eigenvalue weighted by Crippen LogP contribution is 2.61. The highest BCUT2D eigenvalue weighted by Gasteiger charge is 2.59. The van der Waals surface area contributed by atoms with E-state index >= 15 is 0 Å². The van der Waals surface area contributed by atoms with Gasteiger partial charge < -0.3 is 4.74 Å². The van der Waals surface area contributed by atoms with E-state index in [9.17, 15) is 0 Å². The molecule has 3 fully saturated rings. The molecule has 92 valence electrons. The molecule has 0 radical (unpaired) electrons. The van der Waals surface area contributed by atoms with Crippen molar-refractivity contribution in [3.63, 3.8) is 0 Å². The van der Waals surface area contributed by atoms with Gasteiger partial charge in [0, 0.05) is 0 Å². The smallest absolute Gasteiger partial charge is 0.0691 e. The molecule has 2 saturated carbocycles. The molecule has 3 aliphatic rings. The van der Waals surface area contributed by atoms with Gasteiger partial charge in [-0.15, -0.1) is 0 Å². The third-order valence-electron chi connectivity index (χ3n) is 6.05. The zero-order valence-electron chi connectivity index (χ0n) is 11.1. The van der Waals surface area contributed by atoms with Crippen molar-refractivity contribution >= 4 is 0 Å². The minimum Gasteiger partial charge on any atom is -0.375 e. The summed E-state index contributed by atoms with van der Waals surface area (Å²) in [6.45, 7) is 8.38.